The average Bonchev–Trinajstić information content (AvgIpc) is 3.33. The monoisotopic (exact) mass is 376 g/mol. The third-order valence-electron chi connectivity index (χ3n) is 5.75. The quantitative estimate of drug-likeness (QED) is 0.655. The van der Waals surface area contributed by atoms with Crippen molar-refractivity contribution in [2.45, 2.75) is 38.8 Å². The molecule has 0 N–H and O–H groups in total. The summed E-state index contributed by atoms with van der Waals surface area (Å²) in [6.45, 7) is 5.17. The Hall–Kier alpha value is -2.17. The van der Waals surface area contributed by atoms with Crippen LogP contribution in [-0.2, 0) is 25.8 Å². The highest BCUT2D eigenvalue weighted by atomic mass is 32.1. The molecule has 0 fully saturated rings. The molecule has 2 aliphatic heterocycles. The molecule has 1 unspecified atom stereocenters. The van der Waals surface area contributed by atoms with Crippen LogP contribution in [0, 0.1) is 0 Å². The summed E-state index contributed by atoms with van der Waals surface area (Å²) >= 11 is 1.90. The summed E-state index contributed by atoms with van der Waals surface area (Å²) in [7, 11) is 0. The molecule has 2 aliphatic rings. The third kappa shape index (κ3) is 3.40. The van der Waals surface area contributed by atoms with Gasteiger partial charge in [0.2, 0.25) is 0 Å². The largest absolute Gasteiger partial charge is 0.493 e. The standard InChI is InChI=1S/C23H24N2OS/c1-16(19-8-7-18-10-12-26-21(18)14-19)25-11-9-22-20(15-25)24-23(27-22)13-17-5-3-2-4-6-17/h2-8,14,16H,9-13,15H2,1H3. The predicted molar refractivity (Wildman–Crippen MR) is 110 cm³/mol. The van der Waals surface area contributed by atoms with Gasteiger partial charge in [0.25, 0.3) is 0 Å². The maximum absolute atomic E-state index is 5.76. The van der Waals surface area contributed by atoms with Crippen molar-refractivity contribution in [3.8, 4) is 5.75 Å². The maximum Gasteiger partial charge on any atom is 0.122 e. The molecule has 0 radical (unpaired) electrons. The van der Waals surface area contributed by atoms with Crippen LogP contribution in [0.3, 0.4) is 0 Å². The number of nitrogens with zero attached hydrogens (tertiary/aromatic N) is 2. The van der Waals surface area contributed by atoms with E-state index >= 15 is 0 Å². The van der Waals surface area contributed by atoms with Gasteiger partial charge >= 0.3 is 0 Å². The number of hydrogen-bond acceptors (Lipinski definition) is 4. The highest BCUT2D eigenvalue weighted by molar-refractivity contribution is 7.11. The molecule has 0 aliphatic carbocycles. The molecule has 27 heavy (non-hydrogen) atoms. The van der Waals surface area contributed by atoms with Crippen molar-refractivity contribution in [2.24, 2.45) is 0 Å². The van der Waals surface area contributed by atoms with Crippen LogP contribution in [0.2, 0.25) is 0 Å². The first-order chi connectivity index (χ1) is 13.3. The molecular formula is C23H24N2OS. The van der Waals surface area contributed by atoms with Crippen molar-refractivity contribution < 1.29 is 4.74 Å². The Morgan fingerprint density at radius 3 is 2.93 bits per heavy atom. The van der Waals surface area contributed by atoms with Gasteiger partial charge in [-0.15, -0.1) is 11.3 Å². The fraction of sp³-hybridized carbons (Fsp3) is 0.348. The minimum atomic E-state index is 0.381. The maximum atomic E-state index is 5.76. The van der Waals surface area contributed by atoms with Gasteiger partial charge in [-0.1, -0.05) is 42.5 Å². The SMILES string of the molecule is CC(c1ccc2c(c1)OCC2)N1CCc2sc(Cc3ccccc3)nc2C1. The fourth-order valence-electron chi connectivity index (χ4n) is 4.10. The highest BCUT2D eigenvalue weighted by Crippen LogP contribution is 2.34. The van der Waals surface area contributed by atoms with Gasteiger partial charge in [0, 0.05) is 36.9 Å². The van der Waals surface area contributed by atoms with Gasteiger partial charge in [-0.3, -0.25) is 4.90 Å². The number of ether oxygens (including phenoxy) is 1. The van der Waals surface area contributed by atoms with Crippen LogP contribution in [0.25, 0.3) is 0 Å². The Morgan fingerprint density at radius 1 is 1.15 bits per heavy atom. The minimum absolute atomic E-state index is 0.381. The molecule has 0 saturated heterocycles. The summed E-state index contributed by atoms with van der Waals surface area (Å²) in [5, 5.41) is 1.24. The van der Waals surface area contributed by atoms with Crippen molar-refractivity contribution in [2.75, 3.05) is 13.2 Å². The summed E-state index contributed by atoms with van der Waals surface area (Å²) < 4.78 is 5.76. The van der Waals surface area contributed by atoms with E-state index in [1.165, 1.54) is 32.3 Å². The fourth-order valence-corrected chi connectivity index (χ4v) is 5.20. The highest BCUT2D eigenvalue weighted by Gasteiger charge is 2.25. The lowest BCUT2D eigenvalue weighted by molar-refractivity contribution is 0.190. The Kier molecular flexibility index (Phi) is 4.46. The number of rotatable bonds is 4. The van der Waals surface area contributed by atoms with Crippen LogP contribution in [0.1, 0.15) is 45.2 Å². The third-order valence-corrected chi connectivity index (χ3v) is 6.91. The van der Waals surface area contributed by atoms with Gasteiger partial charge in [-0.2, -0.15) is 0 Å². The van der Waals surface area contributed by atoms with Crippen LogP contribution >= 0.6 is 11.3 Å². The van der Waals surface area contributed by atoms with E-state index in [4.69, 9.17) is 9.72 Å². The summed E-state index contributed by atoms with van der Waals surface area (Å²) in [6.07, 6.45) is 3.09. The van der Waals surface area contributed by atoms with E-state index in [0.29, 0.717) is 6.04 Å². The molecule has 3 nitrogen and oxygen atoms in total. The molecule has 1 aromatic heterocycles. The minimum Gasteiger partial charge on any atom is -0.493 e. The molecule has 0 spiro atoms. The number of benzene rings is 2. The molecule has 0 saturated carbocycles. The zero-order chi connectivity index (χ0) is 18.2. The first-order valence-electron chi connectivity index (χ1n) is 9.77. The van der Waals surface area contributed by atoms with Crippen LogP contribution in [0.4, 0.5) is 0 Å². The lowest BCUT2D eigenvalue weighted by Crippen LogP contribution is -2.32. The van der Waals surface area contributed by atoms with E-state index in [1.807, 2.05) is 11.3 Å². The van der Waals surface area contributed by atoms with Gasteiger partial charge in [0.1, 0.15) is 5.75 Å². The first-order valence-corrected chi connectivity index (χ1v) is 10.6. The van der Waals surface area contributed by atoms with E-state index in [9.17, 15) is 0 Å². The van der Waals surface area contributed by atoms with E-state index in [1.54, 1.807) is 0 Å². The Bertz CT molecular complexity index is 950. The van der Waals surface area contributed by atoms with Gasteiger partial charge in [-0.25, -0.2) is 4.98 Å². The number of fused-ring (bicyclic) bond motifs is 2. The second kappa shape index (κ2) is 7.10. The Labute approximate surface area is 164 Å². The van der Waals surface area contributed by atoms with Crippen molar-refractivity contribution in [1.29, 1.82) is 0 Å². The van der Waals surface area contributed by atoms with Crippen LogP contribution in [-0.4, -0.2) is 23.0 Å². The number of thiazole rings is 1. The average molecular weight is 377 g/mol. The van der Waals surface area contributed by atoms with Crippen LogP contribution in [0.5, 0.6) is 5.75 Å². The van der Waals surface area contributed by atoms with Crippen molar-refractivity contribution in [3.63, 3.8) is 0 Å². The smallest absolute Gasteiger partial charge is 0.122 e. The predicted octanol–water partition coefficient (Wildman–Crippen LogP) is 4.79. The first kappa shape index (κ1) is 17.0. The second-order valence-electron chi connectivity index (χ2n) is 7.50. The van der Waals surface area contributed by atoms with E-state index in [2.05, 4.69) is 60.4 Å². The van der Waals surface area contributed by atoms with E-state index in [0.717, 1.165) is 44.7 Å². The normalized spacial score (nSPS) is 17.2. The zero-order valence-corrected chi connectivity index (χ0v) is 16.5. The molecular weight excluding hydrogens is 352 g/mol. The van der Waals surface area contributed by atoms with Crippen molar-refractivity contribution >= 4 is 11.3 Å². The number of aromatic nitrogens is 1. The molecule has 0 amide bonds. The summed E-state index contributed by atoms with van der Waals surface area (Å²) in [5.74, 6) is 1.08. The van der Waals surface area contributed by atoms with Crippen LogP contribution in [0.15, 0.2) is 48.5 Å². The summed E-state index contributed by atoms with van der Waals surface area (Å²) in [5.41, 5.74) is 5.31. The van der Waals surface area contributed by atoms with Gasteiger partial charge in [0.05, 0.1) is 17.3 Å². The molecule has 5 rings (SSSR count). The summed E-state index contributed by atoms with van der Waals surface area (Å²) in [4.78, 5) is 9.00. The topological polar surface area (TPSA) is 25.4 Å². The number of hydrogen-bond donors (Lipinski definition) is 0. The van der Waals surface area contributed by atoms with Gasteiger partial charge in [-0.05, 0) is 36.1 Å². The van der Waals surface area contributed by atoms with Crippen molar-refractivity contribution in [3.05, 3.63) is 80.8 Å². The molecule has 138 valence electrons. The second-order valence-corrected chi connectivity index (χ2v) is 8.67. The van der Waals surface area contributed by atoms with Crippen LogP contribution < -0.4 is 4.74 Å². The van der Waals surface area contributed by atoms with E-state index < -0.39 is 0 Å². The molecule has 3 heterocycles. The molecule has 4 heteroatoms. The molecule has 1 atom stereocenters. The zero-order valence-electron chi connectivity index (χ0n) is 15.6. The Morgan fingerprint density at radius 2 is 2.04 bits per heavy atom. The lowest BCUT2D eigenvalue weighted by Gasteiger charge is -2.32. The molecule has 0 bridgehead atoms. The molecule has 3 aromatic rings. The van der Waals surface area contributed by atoms with Gasteiger partial charge in [0.15, 0.2) is 0 Å². The van der Waals surface area contributed by atoms with Gasteiger partial charge < -0.3 is 4.74 Å². The Balaban J connectivity index is 1.32. The molecule has 2 aromatic carbocycles. The van der Waals surface area contributed by atoms with Crippen molar-refractivity contribution in [1.82, 2.24) is 9.88 Å². The summed E-state index contributed by atoms with van der Waals surface area (Å²) in [6, 6.07) is 17.8. The van der Waals surface area contributed by atoms with E-state index in [-0.39, 0.29) is 0 Å². The lowest BCUT2D eigenvalue weighted by atomic mass is 10.0.